The van der Waals surface area contributed by atoms with Gasteiger partial charge in [0.1, 0.15) is 0 Å². The Hall–Kier alpha value is -0.530. The third kappa shape index (κ3) is 3.38. The van der Waals surface area contributed by atoms with Crippen molar-refractivity contribution in [1.82, 2.24) is 0 Å². The summed E-state index contributed by atoms with van der Waals surface area (Å²) in [6, 6.07) is 0. The van der Waals surface area contributed by atoms with E-state index < -0.39 is 5.97 Å². The molecule has 8 atom stereocenters. The molecule has 1 N–H and O–H groups in total. The Morgan fingerprint density at radius 1 is 0.963 bits per heavy atom. The minimum atomic E-state index is -0.621. The fourth-order valence-corrected chi connectivity index (χ4v) is 8.82. The third-order valence-corrected chi connectivity index (χ3v) is 10.2. The molecule has 0 radical (unpaired) electrons. The zero-order valence-corrected chi connectivity index (χ0v) is 17.3. The van der Waals surface area contributed by atoms with Crippen molar-refractivity contribution < 1.29 is 9.90 Å². The topological polar surface area (TPSA) is 37.3 Å². The first kappa shape index (κ1) is 21.2. The highest BCUT2D eigenvalue weighted by Crippen LogP contribution is 2.68. The highest BCUT2D eigenvalue weighted by atomic mass is 16.4. The van der Waals surface area contributed by atoms with Crippen LogP contribution in [-0.4, -0.2) is 11.1 Å². The Bertz CT molecular complexity index is 542. The number of rotatable bonds is 4. The summed E-state index contributed by atoms with van der Waals surface area (Å²) in [4.78, 5) is 11.0. The van der Waals surface area contributed by atoms with Crippen molar-refractivity contribution in [2.24, 2.45) is 46.3 Å². The number of carboxylic acids is 1. The Labute approximate surface area is 167 Å². The van der Waals surface area contributed by atoms with Gasteiger partial charge in [0.2, 0.25) is 0 Å². The molecule has 0 aromatic rings. The minimum absolute atomic E-state index is 0. The molecule has 2 nitrogen and oxygen atoms in total. The van der Waals surface area contributed by atoms with Crippen molar-refractivity contribution in [3.05, 3.63) is 0 Å². The van der Waals surface area contributed by atoms with Crippen LogP contribution in [0.4, 0.5) is 0 Å². The maximum Gasteiger partial charge on any atom is 0.303 e. The molecule has 4 rings (SSSR count). The molecule has 0 aliphatic heterocycles. The van der Waals surface area contributed by atoms with Crippen molar-refractivity contribution in [2.45, 2.75) is 105 Å². The number of aliphatic carboxylic acids is 1. The molecule has 2 heteroatoms. The molecule has 4 saturated carbocycles. The van der Waals surface area contributed by atoms with Gasteiger partial charge in [0.05, 0.1) is 0 Å². The molecular weight excluding hydrogens is 332 g/mol. The van der Waals surface area contributed by atoms with E-state index in [1.807, 2.05) is 0 Å². The number of hydrogen-bond donors (Lipinski definition) is 1. The average molecular weight is 377 g/mol. The Morgan fingerprint density at radius 2 is 1.70 bits per heavy atom. The van der Waals surface area contributed by atoms with E-state index in [0.717, 1.165) is 36.0 Å². The van der Waals surface area contributed by atoms with Gasteiger partial charge in [-0.3, -0.25) is 4.79 Å². The van der Waals surface area contributed by atoms with Gasteiger partial charge in [-0.1, -0.05) is 41.0 Å². The highest BCUT2D eigenvalue weighted by molar-refractivity contribution is 5.66. The van der Waals surface area contributed by atoms with Crippen LogP contribution in [0.3, 0.4) is 0 Å². The van der Waals surface area contributed by atoms with Crippen molar-refractivity contribution in [1.29, 1.82) is 0 Å². The fourth-order valence-electron chi connectivity index (χ4n) is 8.82. The van der Waals surface area contributed by atoms with Gasteiger partial charge in [0.15, 0.2) is 0 Å². The van der Waals surface area contributed by atoms with Crippen LogP contribution in [0.15, 0.2) is 0 Å². The lowest BCUT2D eigenvalue weighted by Gasteiger charge is -2.61. The van der Waals surface area contributed by atoms with E-state index in [9.17, 15) is 4.79 Å². The molecule has 156 valence electrons. The van der Waals surface area contributed by atoms with Gasteiger partial charge in [-0.15, -0.1) is 0 Å². The molecule has 4 aliphatic carbocycles. The van der Waals surface area contributed by atoms with E-state index in [2.05, 4.69) is 20.8 Å². The van der Waals surface area contributed by atoms with Crippen LogP contribution in [0, 0.1) is 46.3 Å². The second kappa shape index (κ2) is 7.71. The molecule has 4 fully saturated rings. The van der Waals surface area contributed by atoms with Gasteiger partial charge < -0.3 is 5.11 Å². The van der Waals surface area contributed by atoms with Crippen molar-refractivity contribution in [3.63, 3.8) is 0 Å². The molecular formula is C25H44O2. The molecule has 0 spiro atoms. The van der Waals surface area contributed by atoms with Crippen LogP contribution < -0.4 is 0 Å². The summed E-state index contributed by atoms with van der Waals surface area (Å²) >= 11 is 0. The SMILES string of the molecule is C.C[C@H](CCC(=O)O)C1CCC2C3CCC4CCCCC4(C)C3CCC21C. The smallest absolute Gasteiger partial charge is 0.303 e. The second-order valence-electron chi connectivity index (χ2n) is 11.0. The molecule has 0 aromatic carbocycles. The average Bonchev–Trinajstić information content (AvgIpc) is 2.96. The molecule has 0 saturated heterocycles. The van der Waals surface area contributed by atoms with E-state index >= 15 is 0 Å². The molecule has 0 bridgehead atoms. The lowest BCUT2D eigenvalue weighted by Crippen LogP contribution is -2.53. The van der Waals surface area contributed by atoms with Crippen LogP contribution in [-0.2, 0) is 4.79 Å². The van der Waals surface area contributed by atoms with Crippen LogP contribution in [0.5, 0.6) is 0 Å². The van der Waals surface area contributed by atoms with Gasteiger partial charge in [0, 0.05) is 6.42 Å². The highest BCUT2D eigenvalue weighted by Gasteiger charge is 2.60. The Balaban J connectivity index is 0.00000210. The van der Waals surface area contributed by atoms with E-state index in [0.29, 0.717) is 23.2 Å². The van der Waals surface area contributed by atoms with Gasteiger partial charge in [-0.2, -0.15) is 0 Å². The third-order valence-electron chi connectivity index (χ3n) is 10.2. The molecule has 7 unspecified atom stereocenters. The lowest BCUT2D eigenvalue weighted by molar-refractivity contribution is -0.137. The van der Waals surface area contributed by atoms with E-state index in [4.69, 9.17) is 5.11 Å². The minimum Gasteiger partial charge on any atom is -0.481 e. The summed E-state index contributed by atoms with van der Waals surface area (Å²) in [7, 11) is 0. The summed E-state index contributed by atoms with van der Waals surface area (Å²) in [5, 5.41) is 9.09. The first-order valence-corrected chi connectivity index (χ1v) is 11.6. The van der Waals surface area contributed by atoms with Gasteiger partial charge in [-0.25, -0.2) is 0 Å². The predicted octanol–water partition coefficient (Wildman–Crippen LogP) is 7.17. The summed E-state index contributed by atoms with van der Waals surface area (Å²) in [5.41, 5.74) is 1.12. The Morgan fingerprint density at radius 3 is 2.44 bits per heavy atom. The van der Waals surface area contributed by atoms with Gasteiger partial charge >= 0.3 is 5.97 Å². The van der Waals surface area contributed by atoms with Crippen molar-refractivity contribution in [3.8, 4) is 0 Å². The fraction of sp³-hybridized carbons (Fsp3) is 0.960. The van der Waals surface area contributed by atoms with Crippen molar-refractivity contribution >= 4 is 5.97 Å². The summed E-state index contributed by atoms with van der Waals surface area (Å²) in [6.45, 7) is 7.60. The summed E-state index contributed by atoms with van der Waals surface area (Å²) in [6.07, 6.45) is 15.7. The number of fused-ring (bicyclic) bond motifs is 5. The van der Waals surface area contributed by atoms with Gasteiger partial charge in [0.25, 0.3) is 0 Å². The van der Waals surface area contributed by atoms with E-state index in [-0.39, 0.29) is 7.43 Å². The largest absolute Gasteiger partial charge is 0.481 e. The molecule has 0 heterocycles. The quantitative estimate of drug-likeness (QED) is 0.564. The van der Waals surface area contributed by atoms with Crippen LogP contribution in [0.25, 0.3) is 0 Å². The van der Waals surface area contributed by atoms with Crippen LogP contribution in [0.1, 0.15) is 105 Å². The van der Waals surface area contributed by atoms with Crippen LogP contribution >= 0.6 is 0 Å². The maximum absolute atomic E-state index is 11.0. The number of carboxylic acid groups (broad SMARTS) is 1. The van der Waals surface area contributed by atoms with Crippen LogP contribution in [0.2, 0.25) is 0 Å². The normalized spacial score (nSPS) is 47.1. The Kier molecular flexibility index (Phi) is 6.05. The monoisotopic (exact) mass is 376 g/mol. The predicted molar refractivity (Wildman–Crippen MR) is 113 cm³/mol. The molecule has 0 amide bonds. The standard InChI is InChI=1S/C24H40O2.CH4/c1-16(7-12-22(25)26)19-10-11-20-18-9-8-17-6-4-5-14-23(17,2)21(18)13-15-24(19,20)3;/h16-21H,4-15H2,1-3H3,(H,25,26);1H4/t16-,17?,18?,19?,20?,21?,23?,24?;/m1./s1. The maximum atomic E-state index is 11.0. The van der Waals surface area contributed by atoms with Crippen molar-refractivity contribution in [2.75, 3.05) is 0 Å². The number of hydrogen-bond acceptors (Lipinski definition) is 1. The summed E-state index contributed by atoms with van der Waals surface area (Å²) in [5.74, 6) is 4.57. The first-order valence-electron chi connectivity index (χ1n) is 11.6. The number of carbonyl (C=O) groups is 1. The first-order chi connectivity index (χ1) is 12.4. The molecule has 4 aliphatic rings. The molecule has 0 aromatic heterocycles. The lowest BCUT2D eigenvalue weighted by atomic mass is 9.44. The van der Waals surface area contributed by atoms with E-state index in [1.54, 1.807) is 0 Å². The van der Waals surface area contributed by atoms with Gasteiger partial charge in [-0.05, 0) is 104 Å². The zero-order valence-electron chi connectivity index (χ0n) is 17.3. The van der Waals surface area contributed by atoms with E-state index in [1.165, 1.54) is 64.2 Å². The molecule has 27 heavy (non-hydrogen) atoms. The zero-order chi connectivity index (χ0) is 18.5. The summed E-state index contributed by atoms with van der Waals surface area (Å²) < 4.78 is 0. The second-order valence-corrected chi connectivity index (χ2v) is 11.0.